The molecule has 0 aromatic heterocycles. The fourth-order valence-electron chi connectivity index (χ4n) is 2.38. The van der Waals surface area contributed by atoms with Crippen LogP contribution in [0.5, 0.6) is 11.5 Å². The van der Waals surface area contributed by atoms with Crippen LogP contribution in [0, 0.1) is 11.6 Å². The van der Waals surface area contributed by atoms with Crippen LogP contribution in [0.4, 0.5) is 14.5 Å². The molecule has 0 bridgehead atoms. The van der Waals surface area contributed by atoms with Crippen molar-refractivity contribution in [3.05, 3.63) is 53.6 Å². The largest absolute Gasteiger partial charge is 0.497 e. The van der Waals surface area contributed by atoms with Crippen LogP contribution in [-0.4, -0.2) is 26.7 Å². The molecule has 2 aromatic rings. The number of halogens is 2. The van der Waals surface area contributed by atoms with E-state index in [1.54, 1.807) is 30.4 Å². The van der Waals surface area contributed by atoms with E-state index >= 15 is 0 Å². The van der Waals surface area contributed by atoms with Gasteiger partial charge in [0.2, 0.25) is 0 Å². The Hall–Kier alpha value is -2.67. The summed E-state index contributed by atoms with van der Waals surface area (Å²) in [6.07, 6.45) is 0. The zero-order valence-corrected chi connectivity index (χ0v) is 14.3. The van der Waals surface area contributed by atoms with Crippen molar-refractivity contribution >= 4 is 11.6 Å². The number of rotatable bonds is 7. The summed E-state index contributed by atoms with van der Waals surface area (Å²) in [7, 11) is 3.04. The molecule has 1 amide bonds. The van der Waals surface area contributed by atoms with E-state index in [-0.39, 0.29) is 18.5 Å². The first-order chi connectivity index (χ1) is 11.9. The summed E-state index contributed by atoms with van der Waals surface area (Å²) in [5, 5.41) is 4.41. The number of nitrogens with one attached hydrogen (secondary N) is 1. The normalized spacial score (nSPS) is 11.7. The number of benzene rings is 2. The summed E-state index contributed by atoms with van der Waals surface area (Å²) in [5.41, 5.74) is 0.860. The summed E-state index contributed by atoms with van der Waals surface area (Å²) in [6.45, 7) is 1.82. The Kier molecular flexibility index (Phi) is 6.30. The number of carbonyl (C=O) groups excluding carboxylic acids is 1. The molecule has 0 unspecified atom stereocenters. The minimum atomic E-state index is -0.627. The third-order valence-electron chi connectivity index (χ3n) is 3.79. The van der Waals surface area contributed by atoms with Gasteiger partial charge in [-0.2, -0.15) is 0 Å². The maximum atomic E-state index is 13.8. The lowest BCUT2D eigenvalue weighted by Gasteiger charge is -2.14. The summed E-state index contributed by atoms with van der Waals surface area (Å²) < 4.78 is 37.0. The summed E-state index contributed by atoms with van der Waals surface area (Å²) in [5.74, 6) is -0.427. The van der Waals surface area contributed by atoms with Gasteiger partial charge in [-0.3, -0.25) is 4.79 Å². The van der Waals surface area contributed by atoms with Gasteiger partial charge in [-0.05, 0) is 31.2 Å². The highest BCUT2D eigenvalue weighted by Gasteiger charge is 2.17. The average Bonchev–Trinajstić information content (AvgIpc) is 2.60. The van der Waals surface area contributed by atoms with E-state index in [1.807, 2.05) is 0 Å². The van der Waals surface area contributed by atoms with E-state index in [0.717, 1.165) is 6.07 Å². The lowest BCUT2D eigenvalue weighted by atomic mass is 10.1. The Morgan fingerprint density at radius 1 is 1.16 bits per heavy atom. The molecule has 0 aliphatic heterocycles. The lowest BCUT2D eigenvalue weighted by molar-refractivity contribution is -0.682. The number of quaternary nitrogens is 1. The maximum absolute atomic E-state index is 13.8. The van der Waals surface area contributed by atoms with Crippen molar-refractivity contribution in [2.75, 3.05) is 26.1 Å². The molecule has 5 nitrogen and oxygen atoms in total. The predicted octanol–water partition coefficient (Wildman–Crippen LogP) is 2.25. The van der Waals surface area contributed by atoms with Crippen molar-refractivity contribution < 1.29 is 28.4 Å². The third kappa shape index (κ3) is 4.90. The average molecular weight is 351 g/mol. The first-order valence-electron chi connectivity index (χ1n) is 7.74. The third-order valence-corrected chi connectivity index (χ3v) is 3.79. The Labute approximate surface area is 144 Å². The minimum Gasteiger partial charge on any atom is -0.497 e. The number of anilines is 1. The molecule has 0 radical (unpaired) electrons. The number of nitrogens with two attached hydrogens (primary N) is 1. The van der Waals surface area contributed by atoms with Crippen LogP contribution < -0.4 is 20.1 Å². The van der Waals surface area contributed by atoms with E-state index in [9.17, 15) is 13.6 Å². The number of amides is 1. The number of methoxy groups -OCH3 is 2. The summed E-state index contributed by atoms with van der Waals surface area (Å²) >= 11 is 0. The molecule has 134 valence electrons. The Morgan fingerprint density at radius 3 is 2.56 bits per heavy atom. The molecule has 2 aromatic carbocycles. The molecule has 0 spiro atoms. The second kappa shape index (κ2) is 8.43. The molecule has 0 saturated carbocycles. The zero-order chi connectivity index (χ0) is 18.4. The van der Waals surface area contributed by atoms with Crippen molar-refractivity contribution in [2.45, 2.75) is 13.0 Å². The summed E-state index contributed by atoms with van der Waals surface area (Å²) in [4.78, 5) is 12.1. The van der Waals surface area contributed by atoms with Crippen molar-refractivity contribution in [1.29, 1.82) is 0 Å². The molecule has 1 atom stereocenters. The molecule has 0 fully saturated rings. The van der Waals surface area contributed by atoms with Crippen molar-refractivity contribution in [1.82, 2.24) is 0 Å². The van der Waals surface area contributed by atoms with Crippen LogP contribution in [0.2, 0.25) is 0 Å². The van der Waals surface area contributed by atoms with Crippen molar-refractivity contribution in [2.24, 2.45) is 0 Å². The van der Waals surface area contributed by atoms with Crippen LogP contribution in [0.25, 0.3) is 0 Å². The topological polar surface area (TPSA) is 64.2 Å². The Morgan fingerprint density at radius 2 is 1.92 bits per heavy atom. The van der Waals surface area contributed by atoms with E-state index < -0.39 is 11.6 Å². The molecule has 0 saturated heterocycles. The highest BCUT2D eigenvalue weighted by molar-refractivity contribution is 5.93. The zero-order valence-electron chi connectivity index (χ0n) is 14.3. The number of ether oxygens (including phenoxy) is 2. The highest BCUT2D eigenvalue weighted by atomic mass is 19.1. The van der Waals surface area contributed by atoms with Crippen molar-refractivity contribution in [3.8, 4) is 11.5 Å². The highest BCUT2D eigenvalue weighted by Crippen LogP contribution is 2.28. The predicted molar refractivity (Wildman–Crippen MR) is 89.7 cm³/mol. The van der Waals surface area contributed by atoms with Crippen LogP contribution in [0.1, 0.15) is 18.5 Å². The van der Waals surface area contributed by atoms with Gasteiger partial charge >= 0.3 is 0 Å². The van der Waals surface area contributed by atoms with Crippen LogP contribution in [-0.2, 0) is 4.79 Å². The van der Waals surface area contributed by atoms with Crippen LogP contribution in [0.3, 0.4) is 0 Å². The van der Waals surface area contributed by atoms with E-state index in [2.05, 4.69) is 5.32 Å². The molecule has 7 heteroatoms. The monoisotopic (exact) mass is 351 g/mol. The smallest absolute Gasteiger partial charge is 0.279 e. The second-order valence-corrected chi connectivity index (χ2v) is 5.51. The number of hydrogen-bond acceptors (Lipinski definition) is 3. The molecule has 0 aliphatic rings. The molecule has 0 heterocycles. The Balaban J connectivity index is 1.96. The molecule has 0 aliphatic carbocycles. The van der Waals surface area contributed by atoms with Gasteiger partial charge < -0.3 is 20.1 Å². The minimum absolute atomic E-state index is 0.0766. The van der Waals surface area contributed by atoms with Gasteiger partial charge in [-0.25, -0.2) is 8.78 Å². The van der Waals surface area contributed by atoms with Gasteiger partial charge in [0.1, 0.15) is 29.2 Å². The first-order valence-corrected chi connectivity index (χ1v) is 7.74. The molecule has 2 rings (SSSR count). The molecular formula is C18H21F2N2O3+. The van der Waals surface area contributed by atoms with Gasteiger partial charge in [-0.1, -0.05) is 0 Å². The fraction of sp³-hybridized carbons (Fsp3) is 0.278. The van der Waals surface area contributed by atoms with Gasteiger partial charge in [0.25, 0.3) is 5.91 Å². The maximum Gasteiger partial charge on any atom is 0.279 e. The first kappa shape index (κ1) is 18.7. The lowest BCUT2D eigenvalue weighted by Crippen LogP contribution is -2.86. The summed E-state index contributed by atoms with van der Waals surface area (Å²) in [6, 6.07) is 8.14. The second-order valence-electron chi connectivity index (χ2n) is 5.51. The van der Waals surface area contributed by atoms with E-state index in [1.165, 1.54) is 26.4 Å². The number of carbonyl (C=O) groups is 1. The van der Waals surface area contributed by atoms with Gasteiger partial charge in [0, 0.05) is 17.7 Å². The standard InChI is InChI=1S/C18H20F2N2O3/c1-11(14-6-4-12(19)8-15(14)20)21-10-18(23)22-16-7-5-13(24-2)9-17(16)25-3/h4-9,11,21H,10H2,1-3H3,(H,22,23)/p+1/t11-/m0/s1. The SMILES string of the molecule is COc1ccc(NC(=O)C[NH2+][C@@H](C)c2ccc(F)cc2F)c(OC)c1. The fourth-order valence-corrected chi connectivity index (χ4v) is 2.38. The van der Waals surface area contributed by atoms with Gasteiger partial charge in [0.05, 0.1) is 19.9 Å². The quantitative estimate of drug-likeness (QED) is 0.804. The van der Waals surface area contributed by atoms with Crippen LogP contribution in [0.15, 0.2) is 36.4 Å². The molecular weight excluding hydrogens is 330 g/mol. The Bertz CT molecular complexity index is 753. The van der Waals surface area contributed by atoms with Gasteiger partial charge in [0.15, 0.2) is 6.54 Å². The van der Waals surface area contributed by atoms with E-state index in [4.69, 9.17) is 9.47 Å². The van der Waals surface area contributed by atoms with Crippen molar-refractivity contribution in [3.63, 3.8) is 0 Å². The van der Waals surface area contributed by atoms with Gasteiger partial charge in [-0.15, -0.1) is 0 Å². The van der Waals surface area contributed by atoms with Crippen LogP contribution >= 0.6 is 0 Å². The van der Waals surface area contributed by atoms with E-state index in [0.29, 0.717) is 22.7 Å². The molecule has 3 N–H and O–H groups in total. The molecule has 25 heavy (non-hydrogen) atoms. The number of hydrogen-bond donors (Lipinski definition) is 2.